The molecule has 0 saturated heterocycles. The van der Waals surface area contributed by atoms with Crippen LogP contribution in [0.5, 0.6) is 5.88 Å². The van der Waals surface area contributed by atoms with Crippen LogP contribution >= 0.6 is 0 Å². The van der Waals surface area contributed by atoms with Crippen molar-refractivity contribution >= 4 is 5.71 Å². The van der Waals surface area contributed by atoms with Gasteiger partial charge < -0.3 is 4.74 Å². The second-order valence-corrected chi connectivity index (χ2v) is 2.37. The molecule has 1 aromatic rings. The fourth-order valence-corrected chi connectivity index (χ4v) is 0.845. The van der Waals surface area contributed by atoms with Crippen molar-refractivity contribution in [3.8, 4) is 5.88 Å². The monoisotopic (exact) mass is 164 g/mol. The summed E-state index contributed by atoms with van der Waals surface area (Å²) >= 11 is 0. The van der Waals surface area contributed by atoms with E-state index in [0.29, 0.717) is 5.88 Å². The van der Waals surface area contributed by atoms with Crippen LogP contribution in [0.1, 0.15) is 12.6 Å². The van der Waals surface area contributed by atoms with Crippen LogP contribution in [0.2, 0.25) is 0 Å². The van der Waals surface area contributed by atoms with E-state index in [-0.39, 0.29) is 0 Å². The molecule has 0 aliphatic heterocycles. The molecular formula is C9H12N2O. The van der Waals surface area contributed by atoms with Crippen molar-refractivity contribution in [2.45, 2.75) is 6.92 Å². The zero-order valence-corrected chi connectivity index (χ0v) is 7.53. The third-order valence-corrected chi connectivity index (χ3v) is 1.64. The first-order chi connectivity index (χ1) is 5.77. The molecule has 1 heterocycles. The molecule has 64 valence electrons. The predicted octanol–water partition coefficient (Wildman–Crippen LogP) is 1.53. The number of rotatable bonds is 2. The summed E-state index contributed by atoms with van der Waals surface area (Å²) in [7, 11) is 3.35. The lowest BCUT2D eigenvalue weighted by Crippen LogP contribution is -1.99. The molecular weight excluding hydrogens is 152 g/mol. The summed E-state index contributed by atoms with van der Waals surface area (Å²) in [6.07, 6.45) is 0. The van der Waals surface area contributed by atoms with Gasteiger partial charge in [-0.05, 0) is 13.0 Å². The average Bonchev–Trinajstić information content (AvgIpc) is 2.17. The van der Waals surface area contributed by atoms with Gasteiger partial charge in [-0.15, -0.1) is 0 Å². The summed E-state index contributed by atoms with van der Waals surface area (Å²) in [4.78, 5) is 8.24. The molecule has 1 aromatic heterocycles. The van der Waals surface area contributed by atoms with Gasteiger partial charge in [-0.1, -0.05) is 6.07 Å². The molecule has 0 saturated carbocycles. The van der Waals surface area contributed by atoms with E-state index in [2.05, 4.69) is 9.98 Å². The van der Waals surface area contributed by atoms with Crippen LogP contribution < -0.4 is 4.74 Å². The van der Waals surface area contributed by atoms with Gasteiger partial charge in [-0.3, -0.25) is 4.99 Å². The van der Waals surface area contributed by atoms with E-state index in [1.165, 1.54) is 0 Å². The van der Waals surface area contributed by atoms with Crippen LogP contribution in [-0.2, 0) is 0 Å². The van der Waals surface area contributed by atoms with Crippen LogP contribution in [0, 0.1) is 0 Å². The highest BCUT2D eigenvalue weighted by atomic mass is 16.5. The van der Waals surface area contributed by atoms with Gasteiger partial charge in [-0.2, -0.15) is 0 Å². The Morgan fingerprint density at radius 1 is 1.50 bits per heavy atom. The molecule has 0 fully saturated rings. The Labute approximate surface area is 72.1 Å². The topological polar surface area (TPSA) is 34.5 Å². The highest BCUT2D eigenvalue weighted by molar-refractivity contribution is 5.96. The summed E-state index contributed by atoms with van der Waals surface area (Å²) in [5.74, 6) is 0.621. The number of methoxy groups -OCH3 is 1. The van der Waals surface area contributed by atoms with Crippen molar-refractivity contribution in [2.24, 2.45) is 4.99 Å². The maximum absolute atomic E-state index is 4.98. The molecule has 3 nitrogen and oxygen atoms in total. The normalized spacial score (nSPS) is 11.4. The largest absolute Gasteiger partial charge is 0.481 e. The smallest absolute Gasteiger partial charge is 0.213 e. The van der Waals surface area contributed by atoms with Crippen LogP contribution in [0.3, 0.4) is 0 Å². The van der Waals surface area contributed by atoms with Crippen LogP contribution in [0.15, 0.2) is 23.2 Å². The molecule has 0 aromatic carbocycles. The molecule has 0 unspecified atom stereocenters. The van der Waals surface area contributed by atoms with Gasteiger partial charge in [0.05, 0.1) is 18.5 Å². The molecule has 1 rings (SSSR count). The minimum absolute atomic E-state index is 0.621. The first-order valence-electron chi connectivity index (χ1n) is 3.72. The number of aromatic nitrogens is 1. The Kier molecular flexibility index (Phi) is 2.80. The molecule has 0 amide bonds. The zero-order valence-electron chi connectivity index (χ0n) is 7.53. The second-order valence-electron chi connectivity index (χ2n) is 2.37. The van der Waals surface area contributed by atoms with E-state index in [0.717, 1.165) is 11.4 Å². The Hall–Kier alpha value is -1.38. The standard InChI is InChI=1S/C9H12N2O/c1-7(10-2)8-5-4-6-9(11-8)12-3/h4-6H,1-3H3/b10-7+. The number of hydrogen-bond donors (Lipinski definition) is 0. The SMILES string of the molecule is C/N=C(\C)c1cccc(OC)n1. The Bertz CT molecular complexity index is 294. The van der Waals surface area contributed by atoms with Crippen molar-refractivity contribution in [2.75, 3.05) is 14.2 Å². The lowest BCUT2D eigenvalue weighted by Gasteiger charge is -2.01. The summed E-state index contributed by atoms with van der Waals surface area (Å²) in [6, 6.07) is 5.62. The second kappa shape index (κ2) is 3.85. The minimum atomic E-state index is 0.621. The lowest BCUT2D eigenvalue weighted by molar-refractivity contribution is 0.397. The molecule has 0 spiro atoms. The number of nitrogens with zero attached hydrogens (tertiary/aromatic N) is 2. The van der Waals surface area contributed by atoms with Crippen LogP contribution in [-0.4, -0.2) is 24.9 Å². The molecule has 0 radical (unpaired) electrons. The zero-order chi connectivity index (χ0) is 8.97. The number of pyridine rings is 1. The van der Waals surface area contributed by atoms with E-state index < -0.39 is 0 Å². The Morgan fingerprint density at radius 2 is 2.25 bits per heavy atom. The summed E-state index contributed by atoms with van der Waals surface area (Å²) in [5.41, 5.74) is 1.77. The van der Waals surface area contributed by atoms with Gasteiger partial charge in [0, 0.05) is 13.1 Å². The van der Waals surface area contributed by atoms with Crippen molar-refractivity contribution in [3.05, 3.63) is 23.9 Å². The molecule has 0 bridgehead atoms. The molecule has 0 atom stereocenters. The first kappa shape index (κ1) is 8.71. The molecule has 12 heavy (non-hydrogen) atoms. The van der Waals surface area contributed by atoms with Gasteiger partial charge in [0.2, 0.25) is 5.88 Å². The predicted molar refractivity (Wildman–Crippen MR) is 48.9 cm³/mol. The highest BCUT2D eigenvalue weighted by Crippen LogP contribution is 2.06. The third-order valence-electron chi connectivity index (χ3n) is 1.64. The first-order valence-corrected chi connectivity index (χ1v) is 3.72. The van der Waals surface area contributed by atoms with Crippen molar-refractivity contribution in [1.29, 1.82) is 0 Å². The Balaban J connectivity index is 3.02. The van der Waals surface area contributed by atoms with Crippen LogP contribution in [0.4, 0.5) is 0 Å². The van der Waals surface area contributed by atoms with Gasteiger partial charge >= 0.3 is 0 Å². The number of aliphatic imine (C=N–C) groups is 1. The van der Waals surface area contributed by atoms with E-state index in [1.807, 2.05) is 25.1 Å². The maximum Gasteiger partial charge on any atom is 0.213 e. The molecule has 0 aliphatic carbocycles. The maximum atomic E-state index is 4.98. The number of hydrogen-bond acceptors (Lipinski definition) is 3. The molecule has 0 N–H and O–H groups in total. The molecule has 0 aliphatic rings. The summed E-state index contributed by atoms with van der Waals surface area (Å²) < 4.78 is 4.98. The van der Waals surface area contributed by atoms with Crippen molar-refractivity contribution in [1.82, 2.24) is 4.98 Å². The van der Waals surface area contributed by atoms with E-state index in [9.17, 15) is 0 Å². The summed E-state index contributed by atoms with van der Waals surface area (Å²) in [5, 5.41) is 0. The average molecular weight is 164 g/mol. The molecule has 3 heteroatoms. The summed E-state index contributed by atoms with van der Waals surface area (Å²) in [6.45, 7) is 1.92. The van der Waals surface area contributed by atoms with E-state index in [4.69, 9.17) is 4.74 Å². The van der Waals surface area contributed by atoms with Crippen molar-refractivity contribution < 1.29 is 4.74 Å². The number of ether oxygens (including phenoxy) is 1. The van der Waals surface area contributed by atoms with Crippen LogP contribution in [0.25, 0.3) is 0 Å². The quantitative estimate of drug-likeness (QED) is 0.621. The highest BCUT2D eigenvalue weighted by Gasteiger charge is 1.98. The van der Waals surface area contributed by atoms with Gasteiger partial charge in [0.1, 0.15) is 0 Å². The van der Waals surface area contributed by atoms with Gasteiger partial charge in [-0.25, -0.2) is 4.98 Å². The fraction of sp³-hybridized carbons (Fsp3) is 0.333. The van der Waals surface area contributed by atoms with E-state index >= 15 is 0 Å². The third kappa shape index (κ3) is 1.81. The fourth-order valence-electron chi connectivity index (χ4n) is 0.845. The Morgan fingerprint density at radius 3 is 2.83 bits per heavy atom. The minimum Gasteiger partial charge on any atom is -0.481 e. The van der Waals surface area contributed by atoms with Gasteiger partial charge in [0.25, 0.3) is 0 Å². The van der Waals surface area contributed by atoms with E-state index in [1.54, 1.807) is 14.2 Å². The van der Waals surface area contributed by atoms with Gasteiger partial charge in [0.15, 0.2) is 0 Å². The van der Waals surface area contributed by atoms with Crippen molar-refractivity contribution in [3.63, 3.8) is 0 Å². The lowest BCUT2D eigenvalue weighted by atomic mass is 10.2.